The molecule has 10 heteroatoms. The molecule has 2 aliphatic heterocycles. The van der Waals surface area contributed by atoms with E-state index in [2.05, 4.69) is 9.97 Å². The summed E-state index contributed by atoms with van der Waals surface area (Å²) in [4.78, 5) is 25.3. The van der Waals surface area contributed by atoms with Gasteiger partial charge in [0.05, 0.1) is 13.2 Å². The molecule has 28 heavy (non-hydrogen) atoms. The highest BCUT2D eigenvalue weighted by Crippen LogP contribution is 2.30. The van der Waals surface area contributed by atoms with Gasteiger partial charge in [-0.3, -0.25) is 4.79 Å². The number of nitrogens with zero attached hydrogens (tertiary/aromatic N) is 4. The first-order chi connectivity index (χ1) is 13.3. The van der Waals surface area contributed by atoms with Crippen LogP contribution >= 0.6 is 11.3 Å². The third kappa shape index (κ3) is 3.83. The van der Waals surface area contributed by atoms with Crippen LogP contribution in [0.5, 0.6) is 0 Å². The molecule has 0 aliphatic carbocycles. The summed E-state index contributed by atoms with van der Waals surface area (Å²) in [5.41, 5.74) is 0.170. The number of morpholine rings is 1. The van der Waals surface area contributed by atoms with Crippen molar-refractivity contribution in [1.29, 1.82) is 0 Å². The van der Waals surface area contributed by atoms with E-state index in [0.29, 0.717) is 19.6 Å². The van der Waals surface area contributed by atoms with Gasteiger partial charge in [-0.2, -0.15) is 13.2 Å². The zero-order valence-electron chi connectivity index (χ0n) is 15.2. The van der Waals surface area contributed by atoms with Crippen molar-refractivity contribution in [2.24, 2.45) is 0 Å². The maximum atomic E-state index is 13.1. The number of anilines is 1. The summed E-state index contributed by atoms with van der Waals surface area (Å²) in [5.74, 6) is 0.0725. The van der Waals surface area contributed by atoms with Gasteiger partial charge in [-0.25, -0.2) is 9.97 Å². The average molecular weight is 412 g/mol. The first-order valence-electron chi connectivity index (χ1n) is 8.95. The van der Waals surface area contributed by atoms with E-state index in [0.717, 1.165) is 18.1 Å². The van der Waals surface area contributed by atoms with Gasteiger partial charge in [-0.15, -0.1) is 11.3 Å². The fraction of sp³-hybridized carbons (Fsp3) is 0.500. The van der Waals surface area contributed by atoms with Crippen LogP contribution in [0.3, 0.4) is 0 Å². The summed E-state index contributed by atoms with van der Waals surface area (Å²) in [6, 6.07) is 2.95. The lowest BCUT2D eigenvalue weighted by molar-refractivity contribution is -0.145. The number of rotatable bonds is 2. The third-order valence-corrected chi connectivity index (χ3v) is 5.92. The fourth-order valence-electron chi connectivity index (χ4n) is 3.51. The summed E-state index contributed by atoms with van der Waals surface area (Å²) >= 11 is 1.69. The largest absolute Gasteiger partial charge is 0.433 e. The number of carbonyl (C=O) groups is 1. The van der Waals surface area contributed by atoms with Crippen LogP contribution in [0, 0.1) is 6.92 Å². The van der Waals surface area contributed by atoms with Gasteiger partial charge in [0, 0.05) is 30.6 Å². The average Bonchev–Trinajstić information content (AvgIpc) is 3.14. The molecule has 1 unspecified atom stereocenters. The Kier molecular flexibility index (Phi) is 5.00. The van der Waals surface area contributed by atoms with Crippen LogP contribution in [-0.2, 0) is 28.7 Å². The SMILES string of the molecule is Cc1nc(N2CCOC(C(=O)N3CCc4sccc4C3)C2)cc(C(F)(F)F)n1. The molecule has 6 nitrogen and oxygen atoms in total. The van der Waals surface area contributed by atoms with E-state index in [1.165, 1.54) is 11.8 Å². The molecule has 0 aromatic carbocycles. The maximum Gasteiger partial charge on any atom is 0.433 e. The molecule has 1 fully saturated rings. The number of hydrogen-bond acceptors (Lipinski definition) is 6. The van der Waals surface area contributed by atoms with Gasteiger partial charge in [0.1, 0.15) is 17.3 Å². The van der Waals surface area contributed by atoms with Gasteiger partial charge < -0.3 is 14.5 Å². The highest BCUT2D eigenvalue weighted by atomic mass is 32.1. The number of aryl methyl sites for hydroxylation is 1. The van der Waals surface area contributed by atoms with Crippen LogP contribution in [-0.4, -0.2) is 53.1 Å². The second-order valence-corrected chi connectivity index (χ2v) is 7.84. The minimum absolute atomic E-state index is 0.0419. The smallest absolute Gasteiger partial charge is 0.365 e. The molecular formula is C18H19F3N4O2S. The lowest BCUT2D eigenvalue weighted by atomic mass is 10.1. The molecule has 1 saturated heterocycles. The van der Waals surface area contributed by atoms with Crippen LogP contribution < -0.4 is 4.90 Å². The van der Waals surface area contributed by atoms with E-state index in [1.807, 2.05) is 11.4 Å². The zero-order valence-corrected chi connectivity index (χ0v) is 16.0. The number of alkyl halides is 3. The Labute approximate surface area is 163 Å². The van der Waals surface area contributed by atoms with Crippen LogP contribution in [0.15, 0.2) is 17.5 Å². The Morgan fingerprint density at radius 3 is 2.93 bits per heavy atom. The zero-order chi connectivity index (χ0) is 19.9. The fourth-order valence-corrected chi connectivity index (χ4v) is 4.40. The first kappa shape index (κ1) is 19.1. The Hall–Kier alpha value is -2.20. The topological polar surface area (TPSA) is 58.6 Å². The number of carbonyl (C=O) groups excluding carboxylic acids is 1. The van der Waals surface area contributed by atoms with Gasteiger partial charge in [0.15, 0.2) is 6.10 Å². The normalized spacial score (nSPS) is 20.2. The molecule has 0 saturated carbocycles. The summed E-state index contributed by atoms with van der Waals surface area (Å²) in [7, 11) is 0. The lowest BCUT2D eigenvalue weighted by Gasteiger charge is -2.36. The summed E-state index contributed by atoms with van der Waals surface area (Å²) < 4.78 is 44.8. The van der Waals surface area contributed by atoms with Crippen LogP contribution in [0.25, 0.3) is 0 Å². The Balaban J connectivity index is 1.49. The molecule has 2 aromatic rings. The Bertz CT molecular complexity index is 886. The highest BCUT2D eigenvalue weighted by molar-refractivity contribution is 7.10. The standard InChI is InChI=1S/C18H19F3N4O2S/c1-11-22-15(18(19,20)21)8-16(23-11)24-5-6-27-13(10-24)17(26)25-4-2-14-12(9-25)3-7-28-14/h3,7-8,13H,2,4-6,9-10H2,1H3. The summed E-state index contributed by atoms with van der Waals surface area (Å²) in [5, 5.41) is 2.02. The Morgan fingerprint density at radius 1 is 1.32 bits per heavy atom. The molecule has 0 N–H and O–H groups in total. The minimum Gasteiger partial charge on any atom is -0.365 e. The first-order valence-corrected chi connectivity index (χ1v) is 9.82. The predicted octanol–water partition coefficient (Wildman–Crippen LogP) is 2.66. The number of halogens is 3. The second-order valence-electron chi connectivity index (χ2n) is 6.84. The molecular weight excluding hydrogens is 393 g/mol. The molecule has 4 heterocycles. The van der Waals surface area contributed by atoms with E-state index >= 15 is 0 Å². The quantitative estimate of drug-likeness (QED) is 0.759. The molecule has 4 rings (SSSR count). The van der Waals surface area contributed by atoms with Gasteiger partial charge in [0.2, 0.25) is 0 Å². The van der Waals surface area contributed by atoms with E-state index in [9.17, 15) is 18.0 Å². The van der Waals surface area contributed by atoms with Gasteiger partial charge in [-0.05, 0) is 30.4 Å². The molecule has 1 amide bonds. The van der Waals surface area contributed by atoms with E-state index in [-0.39, 0.29) is 30.7 Å². The van der Waals surface area contributed by atoms with Crippen LogP contribution in [0.4, 0.5) is 19.0 Å². The van der Waals surface area contributed by atoms with Crippen molar-refractivity contribution in [3.8, 4) is 0 Å². The third-order valence-electron chi connectivity index (χ3n) is 4.90. The van der Waals surface area contributed by atoms with Crippen molar-refractivity contribution in [2.45, 2.75) is 32.2 Å². The number of hydrogen-bond donors (Lipinski definition) is 0. The van der Waals surface area contributed by atoms with Crippen molar-refractivity contribution < 1.29 is 22.7 Å². The number of thiophene rings is 1. The number of fused-ring (bicyclic) bond motifs is 1. The van der Waals surface area contributed by atoms with Crippen LogP contribution in [0.1, 0.15) is 22.0 Å². The Morgan fingerprint density at radius 2 is 2.14 bits per heavy atom. The number of amides is 1. The molecule has 150 valence electrons. The number of ether oxygens (including phenoxy) is 1. The second kappa shape index (κ2) is 7.32. The molecule has 2 aliphatic rings. The summed E-state index contributed by atoms with van der Waals surface area (Å²) in [6.07, 6.45) is -4.45. The molecule has 0 radical (unpaired) electrons. The van der Waals surface area contributed by atoms with E-state index in [4.69, 9.17) is 4.74 Å². The highest BCUT2D eigenvalue weighted by Gasteiger charge is 2.36. The van der Waals surface area contributed by atoms with Gasteiger partial charge >= 0.3 is 6.18 Å². The van der Waals surface area contributed by atoms with Crippen molar-refractivity contribution in [1.82, 2.24) is 14.9 Å². The van der Waals surface area contributed by atoms with Crippen molar-refractivity contribution >= 4 is 23.1 Å². The van der Waals surface area contributed by atoms with Crippen molar-refractivity contribution in [2.75, 3.05) is 31.1 Å². The van der Waals surface area contributed by atoms with Gasteiger partial charge in [0.25, 0.3) is 5.91 Å². The maximum absolute atomic E-state index is 13.1. The van der Waals surface area contributed by atoms with E-state index < -0.39 is 18.0 Å². The van der Waals surface area contributed by atoms with Crippen LogP contribution in [0.2, 0.25) is 0 Å². The number of aromatic nitrogens is 2. The minimum atomic E-state index is -4.55. The lowest BCUT2D eigenvalue weighted by Crippen LogP contribution is -2.52. The summed E-state index contributed by atoms with van der Waals surface area (Å²) in [6.45, 7) is 3.37. The monoisotopic (exact) mass is 412 g/mol. The molecule has 0 spiro atoms. The van der Waals surface area contributed by atoms with Crippen molar-refractivity contribution in [3.05, 3.63) is 39.5 Å². The van der Waals surface area contributed by atoms with Crippen molar-refractivity contribution in [3.63, 3.8) is 0 Å². The molecule has 2 aromatic heterocycles. The molecule has 0 bridgehead atoms. The predicted molar refractivity (Wildman–Crippen MR) is 97.2 cm³/mol. The van der Waals surface area contributed by atoms with Gasteiger partial charge in [-0.1, -0.05) is 0 Å². The molecule has 1 atom stereocenters. The van der Waals surface area contributed by atoms with E-state index in [1.54, 1.807) is 21.1 Å².